The Kier molecular flexibility index (Phi) is 7.06. The number of rotatable bonds is 9. The van der Waals surface area contributed by atoms with E-state index in [9.17, 15) is 9.90 Å². The monoisotopic (exact) mass is 481 g/mol. The second-order valence-electron chi connectivity index (χ2n) is 7.96. The van der Waals surface area contributed by atoms with Gasteiger partial charge < -0.3 is 14.3 Å². The summed E-state index contributed by atoms with van der Waals surface area (Å²) in [4.78, 5) is 22.5. The zero-order valence-corrected chi connectivity index (χ0v) is 20.4. The van der Waals surface area contributed by atoms with Gasteiger partial charge in [0.1, 0.15) is 11.6 Å². The first-order chi connectivity index (χ1) is 16.4. The van der Waals surface area contributed by atoms with Crippen LogP contribution in [-0.4, -0.2) is 36.9 Å². The van der Waals surface area contributed by atoms with Gasteiger partial charge in [0, 0.05) is 17.4 Å². The van der Waals surface area contributed by atoms with E-state index in [1.807, 2.05) is 43.5 Å². The summed E-state index contributed by atoms with van der Waals surface area (Å²) in [6, 6.07) is 7.13. The van der Waals surface area contributed by atoms with Gasteiger partial charge in [0.05, 0.1) is 30.3 Å². The summed E-state index contributed by atoms with van der Waals surface area (Å²) in [5, 5.41) is 21.7. The lowest BCUT2D eigenvalue weighted by Gasteiger charge is -2.22. The van der Waals surface area contributed by atoms with E-state index in [0.717, 1.165) is 29.1 Å². The van der Waals surface area contributed by atoms with Crippen molar-refractivity contribution in [3.63, 3.8) is 0 Å². The number of nitrogens with zero attached hydrogens (tertiary/aromatic N) is 5. The molecule has 0 aliphatic heterocycles. The van der Waals surface area contributed by atoms with Crippen molar-refractivity contribution in [3.8, 4) is 23.1 Å². The molecule has 4 aromatic rings. The number of thiazole rings is 1. The Balaban J connectivity index is 1.80. The lowest BCUT2D eigenvalue weighted by Crippen LogP contribution is -2.30. The van der Waals surface area contributed by atoms with Crippen LogP contribution in [0.1, 0.15) is 60.7 Å². The summed E-state index contributed by atoms with van der Waals surface area (Å²) in [6.07, 6.45) is 2.62. The molecule has 0 amide bonds. The van der Waals surface area contributed by atoms with Crippen LogP contribution < -0.4 is 10.3 Å². The maximum absolute atomic E-state index is 13.7. The molecule has 1 N–H and O–H groups in total. The molecule has 10 heteroatoms. The minimum Gasteiger partial charge on any atom is -0.496 e. The van der Waals surface area contributed by atoms with Gasteiger partial charge in [-0.3, -0.25) is 9.36 Å². The molecule has 0 aliphatic rings. The van der Waals surface area contributed by atoms with Crippen LogP contribution in [0.3, 0.4) is 0 Å². The number of aromatic nitrogens is 5. The van der Waals surface area contributed by atoms with Crippen molar-refractivity contribution < 1.29 is 14.3 Å². The van der Waals surface area contributed by atoms with E-state index >= 15 is 0 Å². The third kappa shape index (κ3) is 4.72. The average Bonchev–Trinajstić information content (AvgIpc) is 3.45. The molecule has 0 fully saturated rings. The number of methoxy groups -OCH3 is 1. The smallest absolute Gasteiger partial charge is 0.270 e. The molecular weight excluding hydrogens is 454 g/mol. The molecule has 3 heterocycles. The lowest BCUT2D eigenvalue weighted by molar-refractivity contribution is 0.398. The maximum atomic E-state index is 13.7. The van der Waals surface area contributed by atoms with Crippen molar-refractivity contribution in [2.75, 3.05) is 7.11 Å². The number of aromatic hydroxyl groups is 1. The van der Waals surface area contributed by atoms with E-state index in [2.05, 4.69) is 27.1 Å². The highest BCUT2D eigenvalue weighted by Gasteiger charge is 2.26. The van der Waals surface area contributed by atoms with Crippen molar-refractivity contribution in [1.82, 2.24) is 24.7 Å². The Morgan fingerprint density at radius 2 is 2.03 bits per heavy atom. The summed E-state index contributed by atoms with van der Waals surface area (Å²) < 4.78 is 12.9. The zero-order valence-electron chi connectivity index (χ0n) is 19.6. The Bertz CT molecular complexity index is 1340. The number of hydrogen-bond donors (Lipinski definition) is 1. The summed E-state index contributed by atoms with van der Waals surface area (Å²) in [7, 11) is 1.59. The summed E-state index contributed by atoms with van der Waals surface area (Å²) in [6.45, 7) is 5.88. The quantitative estimate of drug-likeness (QED) is 0.376. The van der Waals surface area contributed by atoms with Gasteiger partial charge in [-0.15, -0.1) is 21.5 Å². The summed E-state index contributed by atoms with van der Waals surface area (Å²) in [5.74, 6) is 0.971. The molecule has 0 unspecified atom stereocenters. The summed E-state index contributed by atoms with van der Waals surface area (Å²) >= 11 is 1.53. The van der Waals surface area contributed by atoms with Crippen LogP contribution in [0, 0.1) is 6.92 Å². The largest absolute Gasteiger partial charge is 0.496 e. The van der Waals surface area contributed by atoms with E-state index < -0.39 is 17.5 Å². The van der Waals surface area contributed by atoms with Gasteiger partial charge >= 0.3 is 0 Å². The number of para-hydroxylation sites is 1. The van der Waals surface area contributed by atoms with E-state index in [1.54, 1.807) is 11.7 Å². The van der Waals surface area contributed by atoms with Gasteiger partial charge in [-0.1, -0.05) is 31.5 Å². The number of unbranched alkanes of at least 4 members (excludes halogenated alkanes) is 1. The maximum Gasteiger partial charge on any atom is 0.270 e. The van der Waals surface area contributed by atoms with E-state index in [0.29, 0.717) is 30.3 Å². The predicted molar refractivity (Wildman–Crippen MR) is 129 cm³/mol. The van der Waals surface area contributed by atoms with Crippen molar-refractivity contribution in [3.05, 3.63) is 68.0 Å². The molecule has 0 spiro atoms. The van der Waals surface area contributed by atoms with Gasteiger partial charge in [-0.25, -0.2) is 4.98 Å². The fourth-order valence-electron chi connectivity index (χ4n) is 3.88. The van der Waals surface area contributed by atoms with Crippen molar-refractivity contribution >= 4 is 11.3 Å². The molecule has 0 bridgehead atoms. The van der Waals surface area contributed by atoms with Crippen molar-refractivity contribution in [1.29, 1.82) is 0 Å². The minimum atomic E-state index is -0.447. The van der Waals surface area contributed by atoms with Gasteiger partial charge in [0.25, 0.3) is 11.4 Å². The molecule has 3 aromatic heterocycles. The van der Waals surface area contributed by atoms with Crippen LogP contribution in [0.25, 0.3) is 11.5 Å². The Labute approximate surface area is 201 Å². The second kappa shape index (κ2) is 10.2. The molecule has 1 aromatic carbocycles. The second-order valence-corrected chi connectivity index (χ2v) is 9.02. The Hall–Kier alpha value is -3.53. The molecule has 0 saturated heterocycles. The molecule has 1 atom stereocenters. The van der Waals surface area contributed by atoms with Crippen LogP contribution >= 0.6 is 11.3 Å². The van der Waals surface area contributed by atoms with Gasteiger partial charge in [0.15, 0.2) is 5.56 Å². The summed E-state index contributed by atoms with van der Waals surface area (Å²) in [5.41, 5.74) is 1.07. The van der Waals surface area contributed by atoms with Crippen LogP contribution in [0.2, 0.25) is 0 Å². The third-order valence-corrected chi connectivity index (χ3v) is 6.40. The minimum absolute atomic E-state index is 0.0695. The van der Waals surface area contributed by atoms with Crippen LogP contribution in [0.15, 0.2) is 38.9 Å². The number of aryl methyl sites for hydroxylation is 2. The molecule has 0 saturated carbocycles. The van der Waals surface area contributed by atoms with E-state index in [1.165, 1.54) is 11.3 Å². The Morgan fingerprint density at radius 3 is 2.74 bits per heavy atom. The molecule has 34 heavy (non-hydrogen) atoms. The Morgan fingerprint density at radius 1 is 1.24 bits per heavy atom. The highest BCUT2D eigenvalue weighted by Crippen LogP contribution is 2.30. The van der Waals surface area contributed by atoms with Crippen molar-refractivity contribution in [2.24, 2.45) is 0 Å². The first-order valence-electron chi connectivity index (χ1n) is 11.1. The predicted octanol–water partition coefficient (Wildman–Crippen LogP) is 4.32. The number of hydrogen-bond acceptors (Lipinski definition) is 9. The molecular formula is C24H27N5O4S. The highest BCUT2D eigenvalue weighted by molar-refractivity contribution is 7.09. The standard InChI is InChI=1S/C24H27N5O4S/c1-5-6-11-19-26-22(30)21(23-28-27-20(33-23)12-16-13-34-15(3)25-16)24(31)29(19)14(2)17-9-7-8-10-18(17)32-4/h7-10,13-14,30H,5-6,11-12H2,1-4H3/t14-/m1/s1. The van der Waals surface area contributed by atoms with Gasteiger partial charge in [0.2, 0.25) is 11.8 Å². The molecule has 9 nitrogen and oxygen atoms in total. The van der Waals surface area contributed by atoms with E-state index in [4.69, 9.17) is 9.15 Å². The third-order valence-electron chi connectivity index (χ3n) is 5.58. The van der Waals surface area contributed by atoms with E-state index in [-0.39, 0.29) is 11.5 Å². The fraction of sp³-hybridized carbons (Fsp3) is 0.375. The number of ether oxygens (including phenoxy) is 1. The molecule has 178 valence electrons. The molecule has 4 rings (SSSR count). The normalized spacial score (nSPS) is 12.1. The zero-order chi connectivity index (χ0) is 24.2. The first kappa shape index (κ1) is 23.6. The van der Waals surface area contributed by atoms with Crippen LogP contribution in [0.4, 0.5) is 0 Å². The SMILES string of the molecule is CCCCc1nc(O)c(-c2nnc(Cc3csc(C)n3)o2)c(=O)n1[C@H](C)c1ccccc1OC. The topological polar surface area (TPSA) is 116 Å². The molecule has 0 aliphatic carbocycles. The highest BCUT2D eigenvalue weighted by atomic mass is 32.1. The van der Waals surface area contributed by atoms with Gasteiger partial charge in [-0.2, -0.15) is 4.98 Å². The fourth-order valence-corrected chi connectivity index (χ4v) is 4.50. The lowest BCUT2D eigenvalue weighted by atomic mass is 10.1. The van der Waals surface area contributed by atoms with Crippen molar-refractivity contribution in [2.45, 2.75) is 52.5 Å². The number of benzene rings is 1. The van der Waals surface area contributed by atoms with Gasteiger partial charge in [-0.05, 0) is 26.3 Å². The average molecular weight is 482 g/mol. The molecule has 0 radical (unpaired) electrons. The van der Waals surface area contributed by atoms with Crippen LogP contribution in [0.5, 0.6) is 11.6 Å². The van der Waals surface area contributed by atoms with Crippen LogP contribution in [-0.2, 0) is 12.8 Å². The first-order valence-corrected chi connectivity index (χ1v) is 12.0.